The van der Waals surface area contributed by atoms with Crippen molar-refractivity contribution in [3.63, 3.8) is 0 Å². The van der Waals surface area contributed by atoms with Crippen LogP contribution in [0.25, 0.3) is 10.9 Å². The summed E-state index contributed by atoms with van der Waals surface area (Å²) in [6.45, 7) is 7.35. The maximum Gasteiger partial charge on any atom is 0.219 e. The van der Waals surface area contributed by atoms with Gasteiger partial charge in [0.2, 0.25) is 5.91 Å². The van der Waals surface area contributed by atoms with Crippen LogP contribution in [0.5, 0.6) is 0 Å². The number of pyridine rings is 2. The van der Waals surface area contributed by atoms with Gasteiger partial charge >= 0.3 is 0 Å². The zero-order chi connectivity index (χ0) is 24.5. The van der Waals surface area contributed by atoms with Gasteiger partial charge in [-0.05, 0) is 19.1 Å². The fourth-order valence-corrected chi connectivity index (χ4v) is 4.89. The van der Waals surface area contributed by atoms with Crippen molar-refractivity contribution in [1.82, 2.24) is 20.2 Å². The van der Waals surface area contributed by atoms with Gasteiger partial charge in [0.15, 0.2) is 0 Å². The van der Waals surface area contributed by atoms with Gasteiger partial charge in [0.05, 0.1) is 41.7 Å². The number of benzene rings is 1. The molecule has 0 saturated carbocycles. The molecule has 1 atom stereocenters. The maximum absolute atomic E-state index is 15.4. The smallest absolute Gasteiger partial charge is 0.219 e. The average molecular weight is 483 g/mol. The topological polar surface area (TPSA) is 73.8 Å². The van der Waals surface area contributed by atoms with Gasteiger partial charge in [-0.3, -0.25) is 15.1 Å². The Morgan fingerprint density at radius 3 is 2.69 bits per heavy atom. The summed E-state index contributed by atoms with van der Waals surface area (Å²) < 4.78 is 35.5. The fourth-order valence-electron chi connectivity index (χ4n) is 4.89. The molecule has 0 radical (unpaired) electrons. The molecular weight excluding hydrogens is 454 g/mol. The molecule has 2 saturated heterocycles. The molecule has 2 aromatic heterocycles. The van der Waals surface area contributed by atoms with E-state index in [1.165, 1.54) is 6.07 Å². The van der Waals surface area contributed by atoms with Crippen LogP contribution >= 0.6 is 0 Å². The molecule has 0 aliphatic carbocycles. The Kier molecular flexibility index (Phi) is 6.48. The van der Waals surface area contributed by atoms with Crippen LogP contribution < -0.4 is 15.1 Å². The molecule has 1 unspecified atom stereocenters. The SMILES string of the molecule is CC(=O)N1CCN(c2nc3cc(F)cc(F)c3c(N(c3cccnc3)C3COCCN3)c2C)CC1. The first kappa shape index (κ1) is 23.4. The van der Waals surface area contributed by atoms with Crippen LogP contribution in [0.3, 0.4) is 0 Å². The van der Waals surface area contributed by atoms with Crippen molar-refractivity contribution in [3.8, 4) is 0 Å². The van der Waals surface area contributed by atoms with E-state index in [1.54, 1.807) is 24.2 Å². The summed E-state index contributed by atoms with van der Waals surface area (Å²) in [5.74, 6) is -0.684. The normalized spacial score (nSPS) is 18.7. The second-order valence-electron chi connectivity index (χ2n) is 8.81. The first-order valence-corrected chi connectivity index (χ1v) is 11.7. The van der Waals surface area contributed by atoms with E-state index in [0.29, 0.717) is 57.4 Å². The van der Waals surface area contributed by atoms with Gasteiger partial charge in [0.25, 0.3) is 0 Å². The standard InChI is InChI=1S/C25H28F2N6O2/c1-16-24(33(19-4-3-5-28-14-19)22-15-35-11-6-29-22)23-20(27)12-18(26)13-21(23)30-25(16)32-9-7-31(8-10-32)17(2)34/h3-5,12-14,22,29H,6-11,15H2,1-2H3. The van der Waals surface area contributed by atoms with Crippen LogP contribution in [0.4, 0.5) is 26.0 Å². The predicted octanol–water partition coefficient (Wildman–Crippen LogP) is 2.97. The number of fused-ring (bicyclic) bond motifs is 1. The minimum absolute atomic E-state index is 0.0313. The first-order valence-electron chi connectivity index (χ1n) is 11.7. The number of anilines is 3. The number of hydrogen-bond donors (Lipinski definition) is 1. The number of rotatable bonds is 4. The molecule has 4 heterocycles. The molecule has 1 N–H and O–H groups in total. The lowest BCUT2D eigenvalue weighted by Crippen LogP contribution is -2.51. The third-order valence-corrected chi connectivity index (χ3v) is 6.59. The van der Waals surface area contributed by atoms with Crippen LogP contribution in [0.15, 0.2) is 36.7 Å². The van der Waals surface area contributed by atoms with Crippen molar-refractivity contribution in [2.45, 2.75) is 20.0 Å². The van der Waals surface area contributed by atoms with Crippen LogP contribution in [-0.2, 0) is 9.53 Å². The number of carbonyl (C=O) groups excluding carboxylic acids is 1. The fraction of sp³-hybridized carbons (Fsp3) is 0.400. The number of amides is 1. The molecule has 2 fully saturated rings. The highest BCUT2D eigenvalue weighted by molar-refractivity contribution is 5.98. The van der Waals surface area contributed by atoms with Crippen molar-refractivity contribution < 1.29 is 18.3 Å². The van der Waals surface area contributed by atoms with Crippen molar-refractivity contribution in [3.05, 3.63) is 53.9 Å². The molecular formula is C25H28F2N6O2. The van der Waals surface area contributed by atoms with Crippen LogP contribution in [0, 0.1) is 18.6 Å². The van der Waals surface area contributed by atoms with Crippen LogP contribution in [0.2, 0.25) is 0 Å². The number of morpholine rings is 1. The summed E-state index contributed by atoms with van der Waals surface area (Å²) in [4.78, 5) is 26.7. The van der Waals surface area contributed by atoms with Crippen LogP contribution in [-0.4, -0.2) is 72.9 Å². The average Bonchev–Trinajstić information content (AvgIpc) is 2.86. The molecule has 2 aliphatic rings. The largest absolute Gasteiger partial charge is 0.377 e. The van der Waals surface area contributed by atoms with E-state index in [0.717, 1.165) is 17.3 Å². The molecule has 184 valence electrons. The van der Waals surface area contributed by atoms with E-state index < -0.39 is 11.6 Å². The Balaban J connectivity index is 1.70. The zero-order valence-corrected chi connectivity index (χ0v) is 19.8. The highest BCUT2D eigenvalue weighted by Crippen LogP contribution is 2.41. The van der Waals surface area contributed by atoms with E-state index >= 15 is 4.39 Å². The Hall–Kier alpha value is -3.37. The van der Waals surface area contributed by atoms with Crippen LogP contribution in [0.1, 0.15) is 12.5 Å². The molecule has 0 bridgehead atoms. The number of ether oxygens (including phenoxy) is 1. The molecule has 2 aliphatic heterocycles. The molecule has 35 heavy (non-hydrogen) atoms. The molecule has 3 aromatic rings. The minimum Gasteiger partial charge on any atom is -0.377 e. The summed E-state index contributed by atoms with van der Waals surface area (Å²) in [6.07, 6.45) is 3.11. The Morgan fingerprint density at radius 1 is 1.23 bits per heavy atom. The van der Waals surface area contributed by atoms with E-state index in [-0.39, 0.29) is 23.0 Å². The third kappa shape index (κ3) is 4.51. The summed E-state index contributed by atoms with van der Waals surface area (Å²) in [5.41, 5.74) is 2.34. The zero-order valence-electron chi connectivity index (χ0n) is 19.8. The van der Waals surface area contributed by atoms with Gasteiger partial charge < -0.3 is 19.4 Å². The number of aromatic nitrogens is 2. The Bertz CT molecular complexity index is 1230. The minimum atomic E-state index is -0.684. The number of carbonyl (C=O) groups is 1. The summed E-state index contributed by atoms with van der Waals surface area (Å²) >= 11 is 0. The van der Waals surface area contributed by atoms with E-state index in [2.05, 4.69) is 15.2 Å². The number of hydrogen-bond acceptors (Lipinski definition) is 7. The van der Waals surface area contributed by atoms with Crippen molar-refractivity contribution in [1.29, 1.82) is 0 Å². The highest BCUT2D eigenvalue weighted by atomic mass is 19.1. The Labute approximate surface area is 202 Å². The lowest BCUT2D eigenvalue weighted by Gasteiger charge is -2.40. The molecule has 0 spiro atoms. The van der Waals surface area contributed by atoms with E-state index in [9.17, 15) is 9.18 Å². The first-order chi connectivity index (χ1) is 16.9. The van der Waals surface area contributed by atoms with Crippen molar-refractivity contribution >= 4 is 34.0 Å². The quantitative estimate of drug-likeness (QED) is 0.613. The molecule has 1 aromatic carbocycles. The molecule has 8 nitrogen and oxygen atoms in total. The number of nitrogens with zero attached hydrogens (tertiary/aromatic N) is 5. The Morgan fingerprint density at radius 2 is 2.03 bits per heavy atom. The van der Waals surface area contributed by atoms with E-state index in [4.69, 9.17) is 9.72 Å². The second kappa shape index (κ2) is 9.71. The monoisotopic (exact) mass is 482 g/mol. The summed E-state index contributed by atoms with van der Waals surface area (Å²) in [5, 5.41) is 3.70. The van der Waals surface area contributed by atoms with Gasteiger partial charge in [-0.1, -0.05) is 0 Å². The number of nitrogens with one attached hydrogen (secondary N) is 1. The molecule has 1 amide bonds. The molecule has 10 heteroatoms. The van der Waals surface area contributed by atoms with Gasteiger partial charge in [0, 0.05) is 63.5 Å². The van der Waals surface area contributed by atoms with Gasteiger partial charge in [-0.15, -0.1) is 0 Å². The van der Waals surface area contributed by atoms with Gasteiger partial charge in [-0.25, -0.2) is 13.8 Å². The van der Waals surface area contributed by atoms with E-state index in [1.807, 2.05) is 24.0 Å². The summed E-state index contributed by atoms with van der Waals surface area (Å²) in [7, 11) is 0. The predicted molar refractivity (Wildman–Crippen MR) is 130 cm³/mol. The van der Waals surface area contributed by atoms with Crippen molar-refractivity contribution in [2.24, 2.45) is 0 Å². The third-order valence-electron chi connectivity index (χ3n) is 6.59. The maximum atomic E-state index is 15.4. The summed E-state index contributed by atoms with van der Waals surface area (Å²) in [6, 6.07) is 5.89. The number of halogens is 2. The van der Waals surface area contributed by atoms with Gasteiger partial charge in [0.1, 0.15) is 23.6 Å². The van der Waals surface area contributed by atoms with Gasteiger partial charge in [-0.2, -0.15) is 0 Å². The molecule has 5 rings (SSSR count). The lowest BCUT2D eigenvalue weighted by atomic mass is 10.0. The lowest BCUT2D eigenvalue weighted by molar-refractivity contribution is -0.129. The second-order valence-corrected chi connectivity index (χ2v) is 8.81. The number of piperazine rings is 1. The van der Waals surface area contributed by atoms with Crippen molar-refractivity contribution in [2.75, 3.05) is 55.7 Å². The highest BCUT2D eigenvalue weighted by Gasteiger charge is 2.31.